The molecule has 108 valence electrons. The van der Waals surface area contributed by atoms with E-state index in [1.165, 1.54) is 5.69 Å². The highest BCUT2D eigenvalue weighted by molar-refractivity contribution is 9.10. The Morgan fingerprint density at radius 2 is 2.15 bits per heavy atom. The summed E-state index contributed by atoms with van der Waals surface area (Å²) in [5, 5.41) is 9.14. The molecule has 4 heteroatoms. The molecule has 20 heavy (non-hydrogen) atoms. The lowest BCUT2D eigenvalue weighted by Crippen LogP contribution is -2.41. The Balaban J connectivity index is 2.36. The average Bonchev–Trinajstić information content (AvgIpc) is 2.45. The second-order valence-corrected chi connectivity index (χ2v) is 7.40. The lowest BCUT2D eigenvalue weighted by molar-refractivity contribution is 0.239. The molecule has 1 atom stereocenters. The van der Waals surface area contributed by atoms with E-state index in [0.717, 1.165) is 24.1 Å². The SMILES string of the molecule is CN1CC(CC#N)N(c2cccc(Br)c2)CC(C)(C)C1. The summed E-state index contributed by atoms with van der Waals surface area (Å²) < 4.78 is 1.08. The number of likely N-dealkylation sites (N-methyl/N-ethyl adjacent to an activating group) is 1. The summed E-state index contributed by atoms with van der Waals surface area (Å²) in [6.45, 7) is 7.55. The quantitative estimate of drug-likeness (QED) is 0.828. The number of nitriles is 1. The molecule has 2 rings (SSSR count). The summed E-state index contributed by atoms with van der Waals surface area (Å²) in [7, 11) is 2.15. The van der Waals surface area contributed by atoms with Gasteiger partial charge in [-0.25, -0.2) is 0 Å². The van der Waals surface area contributed by atoms with Gasteiger partial charge in [-0.15, -0.1) is 0 Å². The van der Waals surface area contributed by atoms with E-state index in [0.29, 0.717) is 6.42 Å². The summed E-state index contributed by atoms with van der Waals surface area (Å²) in [6, 6.07) is 11.0. The van der Waals surface area contributed by atoms with Crippen LogP contribution in [0.5, 0.6) is 0 Å². The van der Waals surface area contributed by atoms with E-state index >= 15 is 0 Å². The fourth-order valence-electron chi connectivity index (χ4n) is 3.13. The van der Waals surface area contributed by atoms with Crippen LogP contribution in [0.25, 0.3) is 0 Å². The smallest absolute Gasteiger partial charge is 0.0643 e. The molecule has 1 aliphatic heterocycles. The highest BCUT2D eigenvalue weighted by atomic mass is 79.9. The van der Waals surface area contributed by atoms with Crippen molar-refractivity contribution >= 4 is 21.6 Å². The van der Waals surface area contributed by atoms with Gasteiger partial charge in [0.1, 0.15) is 0 Å². The van der Waals surface area contributed by atoms with Crippen molar-refractivity contribution in [3.63, 3.8) is 0 Å². The molecule has 0 N–H and O–H groups in total. The third-order valence-electron chi connectivity index (χ3n) is 3.73. The average molecular weight is 336 g/mol. The van der Waals surface area contributed by atoms with Crippen LogP contribution in [0.3, 0.4) is 0 Å². The molecule has 0 amide bonds. The first-order valence-corrected chi connectivity index (χ1v) is 7.78. The topological polar surface area (TPSA) is 30.3 Å². The van der Waals surface area contributed by atoms with Gasteiger partial charge in [0.25, 0.3) is 0 Å². The molecule has 1 aliphatic rings. The van der Waals surface area contributed by atoms with Crippen LogP contribution in [0.4, 0.5) is 5.69 Å². The zero-order valence-corrected chi connectivity index (χ0v) is 14.0. The Bertz CT molecular complexity index is 507. The largest absolute Gasteiger partial charge is 0.366 e. The lowest BCUT2D eigenvalue weighted by atomic mass is 9.92. The third-order valence-corrected chi connectivity index (χ3v) is 4.22. The van der Waals surface area contributed by atoms with Crippen LogP contribution in [0.15, 0.2) is 28.7 Å². The molecule has 0 aromatic heterocycles. The van der Waals surface area contributed by atoms with Crippen molar-refractivity contribution in [1.29, 1.82) is 5.26 Å². The van der Waals surface area contributed by atoms with Gasteiger partial charge in [0.2, 0.25) is 0 Å². The van der Waals surface area contributed by atoms with E-state index in [1.54, 1.807) is 0 Å². The molecular formula is C16H22BrN3. The van der Waals surface area contributed by atoms with E-state index in [2.05, 4.69) is 70.9 Å². The second-order valence-electron chi connectivity index (χ2n) is 6.48. The monoisotopic (exact) mass is 335 g/mol. The van der Waals surface area contributed by atoms with Crippen molar-refractivity contribution in [2.75, 3.05) is 31.6 Å². The molecule has 0 bridgehead atoms. The molecule has 0 radical (unpaired) electrons. The normalized spacial score (nSPS) is 23.1. The van der Waals surface area contributed by atoms with E-state index in [-0.39, 0.29) is 11.5 Å². The van der Waals surface area contributed by atoms with Gasteiger partial charge in [0, 0.05) is 29.8 Å². The van der Waals surface area contributed by atoms with Crippen LogP contribution in [-0.2, 0) is 0 Å². The van der Waals surface area contributed by atoms with Crippen LogP contribution in [0.2, 0.25) is 0 Å². The van der Waals surface area contributed by atoms with Crippen molar-refractivity contribution in [3.8, 4) is 6.07 Å². The van der Waals surface area contributed by atoms with Crippen LogP contribution in [-0.4, -0.2) is 37.6 Å². The molecule has 1 fully saturated rings. The van der Waals surface area contributed by atoms with E-state index in [1.807, 2.05) is 6.07 Å². The Kier molecular flexibility index (Phi) is 4.72. The van der Waals surface area contributed by atoms with Crippen molar-refractivity contribution in [1.82, 2.24) is 4.90 Å². The number of hydrogen-bond acceptors (Lipinski definition) is 3. The predicted molar refractivity (Wildman–Crippen MR) is 86.8 cm³/mol. The minimum Gasteiger partial charge on any atom is -0.366 e. The molecule has 1 aromatic carbocycles. The molecular weight excluding hydrogens is 314 g/mol. The van der Waals surface area contributed by atoms with Crippen LogP contribution < -0.4 is 4.90 Å². The first-order chi connectivity index (χ1) is 9.41. The van der Waals surface area contributed by atoms with E-state index in [4.69, 9.17) is 5.26 Å². The number of anilines is 1. The summed E-state index contributed by atoms with van der Waals surface area (Å²) in [5.74, 6) is 0. The maximum atomic E-state index is 9.14. The molecule has 0 spiro atoms. The fourth-order valence-corrected chi connectivity index (χ4v) is 3.52. The van der Waals surface area contributed by atoms with Crippen LogP contribution in [0, 0.1) is 16.7 Å². The zero-order valence-electron chi connectivity index (χ0n) is 12.4. The van der Waals surface area contributed by atoms with Gasteiger partial charge in [-0.2, -0.15) is 5.26 Å². The molecule has 0 aliphatic carbocycles. The van der Waals surface area contributed by atoms with Crippen molar-refractivity contribution in [2.24, 2.45) is 5.41 Å². The van der Waals surface area contributed by atoms with Gasteiger partial charge in [-0.1, -0.05) is 35.8 Å². The van der Waals surface area contributed by atoms with Gasteiger partial charge >= 0.3 is 0 Å². The lowest BCUT2D eigenvalue weighted by Gasteiger charge is -2.35. The van der Waals surface area contributed by atoms with Gasteiger partial charge in [0.05, 0.1) is 18.5 Å². The number of rotatable bonds is 2. The third kappa shape index (κ3) is 3.74. The van der Waals surface area contributed by atoms with Crippen LogP contribution >= 0.6 is 15.9 Å². The van der Waals surface area contributed by atoms with Crippen molar-refractivity contribution in [2.45, 2.75) is 26.3 Å². The predicted octanol–water partition coefficient (Wildman–Crippen LogP) is 3.51. The van der Waals surface area contributed by atoms with Crippen molar-refractivity contribution in [3.05, 3.63) is 28.7 Å². The first-order valence-electron chi connectivity index (χ1n) is 6.99. The minimum atomic E-state index is 0.210. The van der Waals surface area contributed by atoms with Gasteiger partial charge < -0.3 is 9.80 Å². The fraction of sp³-hybridized carbons (Fsp3) is 0.562. The summed E-state index contributed by atoms with van der Waals surface area (Å²) in [5.41, 5.74) is 1.41. The minimum absolute atomic E-state index is 0.210. The highest BCUT2D eigenvalue weighted by Crippen LogP contribution is 2.30. The molecule has 1 saturated heterocycles. The summed E-state index contributed by atoms with van der Waals surface area (Å²) in [6.07, 6.45) is 0.562. The Hall–Kier alpha value is -1.05. The van der Waals surface area contributed by atoms with Gasteiger partial charge in [-0.05, 0) is 30.7 Å². The molecule has 3 nitrogen and oxygen atoms in total. The second kappa shape index (κ2) is 6.15. The molecule has 1 aromatic rings. The molecule has 1 unspecified atom stereocenters. The first kappa shape index (κ1) is 15.3. The number of hydrogen-bond donors (Lipinski definition) is 0. The molecule has 0 saturated carbocycles. The Labute approximate surface area is 130 Å². The Morgan fingerprint density at radius 1 is 1.40 bits per heavy atom. The van der Waals surface area contributed by atoms with Crippen molar-refractivity contribution < 1.29 is 0 Å². The Morgan fingerprint density at radius 3 is 2.80 bits per heavy atom. The highest BCUT2D eigenvalue weighted by Gasteiger charge is 2.32. The number of halogens is 1. The number of benzene rings is 1. The summed E-state index contributed by atoms with van der Waals surface area (Å²) in [4.78, 5) is 4.75. The number of nitrogens with zero attached hydrogens (tertiary/aromatic N) is 3. The molecule has 1 heterocycles. The van der Waals surface area contributed by atoms with Gasteiger partial charge in [0.15, 0.2) is 0 Å². The van der Waals surface area contributed by atoms with Gasteiger partial charge in [-0.3, -0.25) is 0 Å². The standard InChI is InChI=1S/C16H22BrN3/c1-16(2)11-19(3)10-15(7-8-18)20(12-16)14-6-4-5-13(17)9-14/h4-6,9,15H,7,10-12H2,1-3H3. The maximum absolute atomic E-state index is 9.14. The van der Waals surface area contributed by atoms with Crippen LogP contribution in [0.1, 0.15) is 20.3 Å². The summed E-state index contributed by atoms with van der Waals surface area (Å²) >= 11 is 3.55. The van der Waals surface area contributed by atoms with E-state index in [9.17, 15) is 0 Å². The zero-order chi connectivity index (χ0) is 14.8. The maximum Gasteiger partial charge on any atom is 0.0643 e. The van der Waals surface area contributed by atoms with E-state index < -0.39 is 0 Å².